The van der Waals surface area contributed by atoms with Gasteiger partial charge in [-0.25, -0.2) is 4.68 Å². The average molecular weight is 399 g/mol. The normalized spacial score (nSPS) is 23.8. The minimum atomic E-state index is -0.486. The topological polar surface area (TPSA) is 102 Å². The highest BCUT2D eigenvalue weighted by molar-refractivity contribution is 5.92. The van der Waals surface area contributed by atoms with Gasteiger partial charge in [0.1, 0.15) is 5.69 Å². The SMILES string of the molecule is O=C(N[C@@H](CO)[C@@H]1C[C@@H](n2cc(CC3CCCCC3)nn2)CO1)c1ccccn1. The Hall–Kier alpha value is -2.32. The van der Waals surface area contributed by atoms with Crippen LogP contribution in [0.3, 0.4) is 0 Å². The number of nitrogens with zero attached hydrogens (tertiary/aromatic N) is 4. The molecule has 2 N–H and O–H groups in total. The fourth-order valence-electron chi connectivity index (χ4n) is 4.37. The quantitative estimate of drug-likeness (QED) is 0.737. The van der Waals surface area contributed by atoms with Crippen LogP contribution in [0.4, 0.5) is 0 Å². The van der Waals surface area contributed by atoms with E-state index in [2.05, 4.69) is 20.6 Å². The molecule has 0 radical (unpaired) electrons. The van der Waals surface area contributed by atoms with E-state index in [1.807, 2.05) is 10.9 Å². The summed E-state index contributed by atoms with van der Waals surface area (Å²) in [5, 5.41) is 21.3. The van der Waals surface area contributed by atoms with Crippen molar-refractivity contribution in [2.45, 2.75) is 63.1 Å². The smallest absolute Gasteiger partial charge is 0.270 e. The number of aliphatic hydroxyl groups excluding tert-OH is 1. The summed E-state index contributed by atoms with van der Waals surface area (Å²) in [4.78, 5) is 16.4. The maximum atomic E-state index is 12.3. The van der Waals surface area contributed by atoms with Gasteiger partial charge < -0.3 is 15.2 Å². The molecule has 0 aromatic carbocycles. The van der Waals surface area contributed by atoms with Crippen LogP contribution in [0.1, 0.15) is 60.7 Å². The van der Waals surface area contributed by atoms with Crippen LogP contribution >= 0.6 is 0 Å². The van der Waals surface area contributed by atoms with Gasteiger partial charge in [0, 0.05) is 18.8 Å². The number of pyridine rings is 1. The lowest BCUT2D eigenvalue weighted by molar-refractivity contribution is 0.0489. The summed E-state index contributed by atoms with van der Waals surface area (Å²) in [6, 6.07) is 4.73. The van der Waals surface area contributed by atoms with Crippen LogP contribution in [-0.2, 0) is 11.2 Å². The first-order valence-corrected chi connectivity index (χ1v) is 10.6. The van der Waals surface area contributed by atoms with Crippen LogP contribution < -0.4 is 5.32 Å². The van der Waals surface area contributed by atoms with Crippen molar-refractivity contribution in [2.24, 2.45) is 5.92 Å². The molecule has 1 aliphatic heterocycles. The van der Waals surface area contributed by atoms with Crippen LogP contribution in [0.5, 0.6) is 0 Å². The Kier molecular flexibility index (Phi) is 6.51. The number of aromatic nitrogens is 4. The lowest BCUT2D eigenvalue weighted by Crippen LogP contribution is -2.45. The Balaban J connectivity index is 1.32. The third kappa shape index (κ3) is 5.00. The first-order valence-electron chi connectivity index (χ1n) is 10.6. The lowest BCUT2D eigenvalue weighted by atomic mass is 9.86. The fraction of sp³-hybridized carbons (Fsp3) is 0.619. The van der Waals surface area contributed by atoms with Gasteiger partial charge in [-0.3, -0.25) is 9.78 Å². The molecule has 1 saturated heterocycles. The molecule has 1 saturated carbocycles. The van der Waals surface area contributed by atoms with Gasteiger partial charge >= 0.3 is 0 Å². The Morgan fingerprint density at radius 3 is 2.93 bits per heavy atom. The van der Waals surface area contributed by atoms with Crippen molar-refractivity contribution in [3.8, 4) is 0 Å². The van der Waals surface area contributed by atoms with E-state index >= 15 is 0 Å². The molecule has 0 unspecified atom stereocenters. The molecule has 2 aliphatic rings. The number of hydrogen-bond donors (Lipinski definition) is 2. The van der Waals surface area contributed by atoms with Crippen molar-refractivity contribution in [1.82, 2.24) is 25.3 Å². The Morgan fingerprint density at radius 1 is 1.31 bits per heavy atom. The number of carbonyl (C=O) groups excluding carboxylic acids is 1. The van der Waals surface area contributed by atoms with E-state index in [9.17, 15) is 9.90 Å². The molecule has 2 aromatic heterocycles. The number of hydrogen-bond acceptors (Lipinski definition) is 6. The third-order valence-corrected chi connectivity index (χ3v) is 6.02. The minimum absolute atomic E-state index is 0.0633. The molecular weight excluding hydrogens is 370 g/mol. The average Bonchev–Trinajstić information content (AvgIpc) is 3.43. The maximum absolute atomic E-state index is 12.3. The first-order chi connectivity index (χ1) is 14.2. The number of ether oxygens (including phenoxy) is 1. The van der Waals surface area contributed by atoms with Crippen molar-refractivity contribution in [2.75, 3.05) is 13.2 Å². The third-order valence-electron chi connectivity index (χ3n) is 6.02. The van der Waals surface area contributed by atoms with E-state index in [1.165, 1.54) is 32.1 Å². The number of aliphatic hydroxyl groups is 1. The summed E-state index contributed by atoms with van der Waals surface area (Å²) in [5.74, 6) is 0.411. The van der Waals surface area contributed by atoms with Crippen LogP contribution in [-0.4, -0.2) is 56.4 Å². The molecule has 3 atom stereocenters. The predicted molar refractivity (Wildman–Crippen MR) is 106 cm³/mol. The zero-order chi connectivity index (χ0) is 20.1. The van der Waals surface area contributed by atoms with E-state index in [0.29, 0.717) is 18.7 Å². The van der Waals surface area contributed by atoms with Crippen molar-refractivity contribution >= 4 is 5.91 Å². The Labute approximate surface area is 170 Å². The highest BCUT2D eigenvalue weighted by Gasteiger charge is 2.34. The van der Waals surface area contributed by atoms with Crippen molar-refractivity contribution in [3.63, 3.8) is 0 Å². The molecule has 0 bridgehead atoms. The van der Waals surface area contributed by atoms with Crippen molar-refractivity contribution in [3.05, 3.63) is 42.0 Å². The monoisotopic (exact) mass is 399 g/mol. The van der Waals surface area contributed by atoms with Crippen LogP contribution in [0.15, 0.2) is 30.6 Å². The largest absolute Gasteiger partial charge is 0.394 e. The molecule has 29 heavy (non-hydrogen) atoms. The highest BCUT2D eigenvalue weighted by atomic mass is 16.5. The summed E-state index contributed by atoms with van der Waals surface area (Å²) in [5.41, 5.74) is 1.37. The van der Waals surface area contributed by atoms with Crippen LogP contribution in [0.2, 0.25) is 0 Å². The number of rotatable bonds is 7. The molecule has 4 rings (SSSR count). The zero-order valence-electron chi connectivity index (χ0n) is 16.6. The second-order valence-electron chi connectivity index (χ2n) is 8.14. The molecule has 3 heterocycles. The molecule has 0 spiro atoms. The van der Waals surface area contributed by atoms with Gasteiger partial charge in [-0.2, -0.15) is 0 Å². The van der Waals surface area contributed by atoms with Crippen molar-refractivity contribution in [1.29, 1.82) is 0 Å². The van der Waals surface area contributed by atoms with Gasteiger partial charge in [0.05, 0.1) is 37.1 Å². The standard InChI is InChI=1S/C21H29N5O3/c27-13-19(23-21(28)18-8-4-5-9-22-18)20-11-17(14-29-20)26-12-16(24-25-26)10-15-6-2-1-3-7-15/h4-5,8-9,12,15,17,19-20,27H,1-3,6-7,10-11,13-14H2,(H,23,28)/t17-,19+,20+/m1/s1. The zero-order valence-corrected chi connectivity index (χ0v) is 16.6. The van der Waals surface area contributed by atoms with E-state index in [0.717, 1.165) is 18.0 Å². The van der Waals surface area contributed by atoms with Gasteiger partial charge in [-0.1, -0.05) is 43.4 Å². The summed E-state index contributed by atoms with van der Waals surface area (Å²) in [6.07, 6.45) is 11.6. The number of amides is 1. The second-order valence-corrected chi connectivity index (χ2v) is 8.14. The summed E-state index contributed by atoms with van der Waals surface area (Å²) >= 11 is 0. The molecule has 1 amide bonds. The van der Waals surface area contributed by atoms with Gasteiger partial charge in [-0.05, 0) is 24.5 Å². The predicted octanol–water partition coefficient (Wildman–Crippen LogP) is 1.92. The summed E-state index contributed by atoms with van der Waals surface area (Å²) in [6.45, 7) is 0.299. The molecule has 8 nitrogen and oxygen atoms in total. The molecule has 156 valence electrons. The first kappa shape index (κ1) is 20.0. The second kappa shape index (κ2) is 9.45. The molecule has 2 aromatic rings. The van der Waals surface area contributed by atoms with E-state index < -0.39 is 6.04 Å². The van der Waals surface area contributed by atoms with E-state index in [4.69, 9.17) is 4.74 Å². The molecule has 2 fully saturated rings. The lowest BCUT2D eigenvalue weighted by Gasteiger charge is -2.22. The Morgan fingerprint density at radius 2 is 2.17 bits per heavy atom. The van der Waals surface area contributed by atoms with Gasteiger partial charge in [0.25, 0.3) is 5.91 Å². The van der Waals surface area contributed by atoms with Gasteiger partial charge in [-0.15, -0.1) is 5.10 Å². The summed E-state index contributed by atoms with van der Waals surface area (Å²) in [7, 11) is 0. The van der Waals surface area contributed by atoms with Gasteiger partial charge in [0.2, 0.25) is 0 Å². The number of carbonyl (C=O) groups is 1. The van der Waals surface area contributed by atoms with Crippen molar-refractivity contribution < 1.29 is 14.6 Å². The fourth-order valence-corrected chi connectivity index (χ4v) is 4.37. The maximum Gasteiger partial charge on any atom is 0.270 e. The highest BCUT2D eigenvalue weighted by Crippen LogP contribution is 2.28. The molecule has 1 aliphatic carbocycles. The summed E-state index contributed by atoms with van der Waals surface area (Å²) < 4.78 is 7.77. The van der Waals surface area contributed by atoms with Gasteiger partial charge in [0.15, 0.2) is 0 Å². The minimum Gasteiger partial charge on any atom is -0.394 e. The molecule has 8 heteroatoms. The number of nitrogens with one attached hydrogen (secondary N) is 1. The Bertz CT molecular complexity index is 791. The van der Waals surface area contributed by atoms with Crippen LogP contribution in [0.25, 0.3) is 0 Å². The van der Waals surface area contributed by atoms with Crippen LogP contribution in [0, 0.1) is 5.92 Å². The van der Waals surface area contributed by atoms with E-state index in [-0.39, 0.29) is 24.7 Å². The van der Waals surface area contributed by atoms with E-state index in [1.54, 1.807) is 24.4 Å². The molecular formula is C21H29N5O3.